The van der Waals surface area contributed by atoms with E-state index < -0.39 is 0 Å². The largest absolute Gasteiger partial charge is 0.489 e. The van der Waals surface area contributed by atoms with Crippen LogP contribution in [0.25, 0.3) is 11.0 Å². The number of benzene rings is 1. The van der Waals surface area contributed by atoms with Gasteiger partial charge in [-0.25, -0.2) is 0 Å². The maximum absolute atomic E-state index is 5.83. The van der Waals surface area contributed by atoms with Crippen molar-refractivity contribution < 1.29 is 9.15 Å². The van der Waals surface area contributed by atoms with Gasteiger partial charge in [0.2, 0.25) is 0 Å². The van der Waals surface area contributed by atoms with Gasteiger partial charge >= 0.3 is 0 Å². The number of furan rings is 1. The summed E-state index contributed by atoms with van der Waals surface area (Å²) in [6.45, 7) is 1.99. The van der Waals surface area contributed by atoms with Crippen molar-refractivity contribution in [1.82, 2.24) is 5.32 Å². The standard InChI is InChI=1S/C12H13NO2/c1-2-10(15-11-3-5-13-8-11)7-12-9(1)4-6-14-12/h1-2,4,6-7,11,13H,3,5,8H2. The average molecular weight is 203 g/mol. The smallest absolute Gasteiger partial charge is 0.137 e. The highest BCUT2D eigenvalue weighted by molar-refractivity contribution is 5.78. The van der Waals surface area contributed by atoms with E-state index in [0.29, 0.717) is 6.10 Å². The van der Waals surface area contributed by atoms with Crippen LogP contribution in [0.1, 0.15) is 6.42 Å². The first-order valence-corrected chi connectivity index (χ1v) is 5.26. The number of ether oxygens (including phenoxy) is 1. The molecule has 1 aromatic heterocycles. The van der Waals surface area contributed by atoms with Crippen molar-refractivity contribution in [3.05, 3.63) is 30.5 Å². The zero-order valence-corrected chi connectivity index (χ0v) is 8.40. The first-order valence-electron chi connectivity index (χ1n) is 5.26. The number of fused-ring (bicyclic) bond motifs is 1. The van der Waals surface area contributed by atoms with Crippen LogP contribution >= 0.6 is 0 Å². The number of nitrogens with one attached hydrogen (secondary N) is 1. The van der Waals surface area contributed by atoms with E-state index in [0.717, 1.165) is 36.2 Å². The van der Waals surface area contributed by atoms with Crippen molar-refractivity contribution in [2.45, 2.75) is 12.5 Å². The first kappa shape index (κ1) is 8.80. The van der Waals surface area contributed by atoms with Crippen LogP contribution in [0.4, 0.5) is 0 Å². The Morgan fingerprint density at radius 3 is 3.20 bits per heavy atom. The van der Waals surface area contributed by atoms with Crippen molar-refractivity contribution >= 4 is 11.0 Å². The van der Waals surface area contributed by atoms with E-state index in [9.17, 15) is 0 Å². The van der Waals surface area contributed by atoms with Gasteiger partial charge < -0.3 is 14.5 Å². The summed E-state index contributed by atoms with van der Waals surface area (Å²) >= 11 is 0. The third-order valence-corrected chi connectivity index (χ3v) is 2.75. The molecule has 78 valence electrons. The molecule has 1 atom stereocenters. The molecule has 1 aliphatic heterocycles. The van der Waals surface area contributed by atoms with Crippen LogP contribution in [-0.4, -0.2) is 19.2 Å². The van der Waals surface area contributed by atoms with Crippen LogP contribution in [0.5, 0.6) is 5.75 Å². The molecular weight excluding hydrogens is 190 g/mol. The van der Waals surface area contributed by atoms with Crippen molar-refractivity contribution in [1.29, 1.82) is 0 Å². The topological polar surface area (TPSA) is 34.4 Å². The molecule has 15 heavy (non-hydrogen) atoms. The predicted octanol–water partition coefficient (Wildman–Crippen LogP) is 2.17. The lowest BCUT2D eigenvalue weighted by Crippen LogP contribution is -2.19. The van der Waals surface area contributed by atoms with Gasteiger partial charge in [-0.3, -0.25) is 0 Å². The second kappa shape index (κ2) is 3.59. The summed E-state index contributed by atoms with van der Waals surface area (Å²) in [4.78, 5) is 0. The molecule has 3 nitrogen and oxygen atoms in total. The molecule has 1 unspecified atom stereocenters. The summed E-state index contributed by atoms with van der Waals surface area (Å²) in [5, 5.41) is 4.39. The summed E-state index contributed by atoms with van der Waals surface area (Å²) in [6, 6.07) is 7.93. The Bertz CT molecular complexity index is 457. The minimum atomic E-state index is 0.303. The summed E-state index contributed by atoms with van der Waals surface area (Å²) in [7, 11) is 0. The molecule has 1 saturated heterocycles. The molecule has 1 fully saturated rings. The number of hydrogen-bond acceptors (Lipinski definition) is 3. The minimum Gasteiger partial charge on any atom is -0.489 e. The van der Waals surface area contributed by atoms with Gasteiger partial charge in [0, 0.05) is 18.0 Å². The Balaban J connectivity index is 1.84. The highest BCUT2D eigenvalue weighted by atomic mass is 16.5. The van der Waals surface area contributed by atoms with Crippen LogP contribution in [0.15, 0.2) is 34.9 Å². The van der Waals surface area contributed by atoms with E-state index in [2.05, 4.69) is 5.32 Å². The van der Waals surface area contributed by atoms with Gasteiger partial charge in [-0.1, -0.05) is 0 Å². The molecule has 0 amide bonds. The molecule has 0 aliphatic carbocycles. The molecule has 2 heterocycles. The van der Waals surface area contributed by atoms with Crippen LogP contribution in [-0.2, 0) is 0 Å². The zero-order valence-electron chi connectivity index (χ0n) is 8.40. The second-order valence-corrected chi connectivity index (χ2v) is 3.85. The zero-order chi connectivity index (χ0) is 10.1. The molecule has 1 aromatic carbocycles. The summed E-state index contributed by atoms with van der Waals surface area (Å²) in [5.41, 5.74) is 0.887. The Kier molecular flexibility index (Phi) is 2.10. The molecule has 0 radical (unpaired) electrons. The predicted molar refractivity (Wildman–Crippen MR) is 58.1 cm³/mol. The first-order chi connectivity index (χ1) is 7.42. The van der Waals surface area contributed by atoms with Crippen LogP contribution in [0.2, 0.25) is 0 Å². The van der Waals surface area contributed by atoms with Gasteiger partial charge in [-0.15, -0.1) is 0 Å². The van der Waals surface area contributed by atoms with E-state index in [1.807, 2.05) is 24.3 Å². The molecule has 3 heteroatoms. The number of hydrogen-bond donors (Lipinski definition) is 1. The molecule has 2 aromatic rings. The van der Waals surface area contributed by atoms with E-state index >= 15 is 0 Å². The lowest BCUT2D eigenvalue weighted by molar-refractivity contribution is 0.223. The van der Waals surface area contributed by atoms with Crippen molar-refractivity contribution in [3.8, 4) is 5.75 Å². The third kappa shape index (κ3) is 1.70. The van der Waals surface area contributed by atoms with Gasteiger partial charge in [0.15, 0.2) is 0 Å². The van der Waals surface area contributed by atoms with Crippen molar-refractivity contribution in [3.63, 3.8) is 0 Å². The molecule has 1 N–H and O–H groups in total. The normalized spacial score (nSPS) is 20.9. The van der Waals surface area contributed by atoms with Gasteiger partial charge in [0.25, 0.3) is 0 Å². The molecule has 0 saturated carbocycles. The Morgan fingerprint density at radius 1 is 1.33 bits per heavy atom. The molecule has 0 spiro atoms. The van der Waals surface area contributed by atoms with E-state index in [1.54, 1.807) is 6.26 Å². The Morgan fingerprint density at radius 2 is 2.33 bits per heavy atom. The maximum Gasteiger partial charge on any atom is 0.137 e. The molecule has 3 rings (SSSR count). The van der Waals surface area contributed by atoms with Crippen LogP contribution in [0, 0.1) is 0 Å². The fraction of sp³-hybridized carbons (Fsp3) is 0.333. The SMILES string of the molecule is c1cc2ccc(OC3CCNC3)cc2o1. The highest BCUT2D eigenvalue weighted by Gasteiger charge is 2.15. The maximum atomic E-state index is 5.83. The average Bonchev–Trinajstić information content (AvgIpc) is 2.87. The van der Waals surface area contributed by atoms with Gasteiger partial charge in [0.05, 0.1) is 6.26 Å². The van der Waals surface area contributed by atoms with Gasteiger partial charge in [0.1, 0.15) is 17.4 Å². The van der Waals surface area contributed by atoms with E-state index in [-0.39, 0.29) is 0 Å². The van der Waals surface area contributed by atoms with E-state index in [4.69, 9.17) is 9.15 Å². The summed E-state index contributed by atoms with van der Waals surface area (Å²) in [5.74, 6) is 0.895. The molecule has 1 aliphatic rings. The lowest BCUT2D eigenvalue weighted by atomic mass is 10.2. The lowest BCUT2D eigenvalue weighted by Gasteiger charge is -2.11. The summed E-state index contributed by atoms with van der Waals surface area (Å²) < 4.78 is 11.2. The fourth-order valence-corrected chi connectivity index (χ4v) is 1.93. The minimum absolute atomic E-state index is 0.303. The summed E-state index contributed by atoms with van der Waals surface area (Å²) in [6.07, 6.45) is 3.08. The quantitative estimate of drug-likeness (QED) is 0.812. The van der Waals surface area contributed by atoms with Crippen LogP contribution < -0.4 is 10.1 Å². The third-order valence-electron chi connectivity index (χ3n) is 2.75. The highest BCUT2D eigenvalue weighted by Crippen LogP contribution is 2.23. The fourth-order valence-electron chi connectivity index (χ4n) is 1.93. The molecule has 0 bridgehead atoms. The van der Waals surface area contributed by atoms with Crippen molar-refractivity contribution in [2.24, 2.45) is 0 Å². The Hall–Kier alpha value is -1.48. The van der Waals surface area contributed by atoms with Crippen molar-refractivity contribution in [2.75, 3.05) is 13.1 Å². The number of rotatable bonds is 2. The molecular formula is C12H13NO2. The second-order valence-electron chi connectivity index (χ2n) is 3.85. The van der Waals surface area contributed by atoms with Gasteiger partial charge in [-0.05, 0) is 31.2 Å². The Labute approximate surface area is 88.0 Å². The van der Waals surface area contributed by atoms with Crippen LogP contribution in [0.3, 0.4) is 0 Å². The van der Waals surface area contributed by atoms with E-state index in [1.165, 1.54) is 0 Å². The van der Waals surface area contributed by atoms with Gasteiger partial charge in [-0.2, -0.15) is 0 Å². The monoisotopic (exact) mass is 203 g/mol.